The van der Waals surface area contributed by atoms with E-state index in [1.165, 1.54) is 25.2 Å². The van der Waals surface area contributed by atoms with E-state index >= 15 is 0 Å². The highest BCUT2D eigenvalue weighted by molar-refractivity contribution is 7.14. The standard InChI is InChI=1S/C21H21F3N4O4S/c1-20(2,16(29)32-17(30)21(22,23)24)13-5-3-12(4-6-13)15-11-33-18(26-15)28-10-14-9-25-7-8-27(14)19(28)31/h3-6,11,14,25H,7-10H2,1-2H3/t14-/m0/s1. The minimum atomic E-state index is -5.25. The van der Waals surface area contributed by atoms with E-state index in [0.717, 1.165) is 13.1 Å². The smallest absolute Gasteiger partial charge is 0.386 e. The first-order valence-corrected chi connectivity index (χ1v) is 11.0. The van der Waals surface area contributed by atoms with E-state index < -0.39 is 23.5 Å². The second kappa shape index (κ2) is 8.41. The lowest BCUT2D eigenvalue weighted by Crippen LogP contribution is -2.49. The molecule has 4 rings (SSSR count). The summed E-state index contributed by atoms with van der Waals surface area (Å²) < 4.78 is 41.2. The fourth-order valence-corrected chi connectivity index (χ4v) is 4.58. The Kier molecular flexibility index (Phi) is 5.91. The highest BCUT2D eigenvalue weighted by Crippen LogP contribution is 2.33. The molecular weight excluding hydrogens is 461 g/mol. The largest absolute Gasteiger partial charge is 0.491 e. The van der Waals surface area contributed by atoms with E-state index in [9.17, 15) is 27.6 Å². The lowest BCUT2D eigenvalue weighted by atomic mass is 9.84. The average Bonchev–Trinajstić information content (AvgIpc) is 3.38. The Balaban J connectivity index is 1.48. The van der Waals surface area contributed by atoms with Crippen LogP contribution < -0.4 is 10.2 Å². The number of hydrogen-bond acceptors (Lipinski definition) is 7. The molecule has 12 heteroatoms. The van der Waals surface area contributed by atoms with E-state index in [-0.39, 0.29) is 12.1 Å². The Labute approximate surface area is 191 Å². The molecule has 1 atom stereocenters. The van der Waals surface area contributed by atoms with Crippen LogP contribution in [0.4, 0.5) is 23.1 Å². The molecule has 0 radical (unpaired) electrons. The lowest BCUT2D eigenvalue weighted by Gasteiger charge is -2.28. The number of aromatic nitrogens is 1. The Morgan fingerprint density at radius 3 is 2.52 bits per heavy atom. The number of benzene rings is 1. The Bertz CT molecular complexity index is 1080. The molecule has 2 aromatic rings. The molecule has 2 aliphatic rings. The highest BCUT2D eigenvalue weighted by atomic mass is 32.1. The van der Waals surface area contributed by atoms with Crippen LogP contribution in [0.2, 0.25) is 0 Å². The number of nitrogens with one attached hydrogen (secondary N) is 1. The molecule has 2 aliphatic heterocycles. The van der Waals surface area contributed by atoms with E-state index in [2.05, 4.69) is 15.0 Å². The predicted octanol–water partition coefficient (Wildman–Crippen LogP) is 2.93. The van der Waals surface area contributed by atoms with E-state index in [0.29, 0.717) is 35.0 Å². The fraction of sp³-hybridized carbons (Fsp3) is 0.429. The summed E-state index contributed by atoms with van der Waals surface area (Å²) in [6.07, 6.45) is -5.25. The maximum absolute atomic E-state index is 12.7. The maximum Gasteiger partial charge on any atom is 0.491 e. The van der Waals surface area contributed by atoms with Gasteiger partial charge in [-0.05, 0) is 19.4 Å². The third-order valence-corrected chi connectivity index (χ3v) is 6.64. The van der Waals surface area contributed by atoms with Gasteiger partial charge >= 0.3 is 24.1 Å². The number of amides is 2. The minimum Gasteiger partial charge on any atom is -0.386 e. The number of rotatable bonds is 4. The van der Waals surface area contributed by atoms with Gasteiger partial charge in [0, 0.05) is 30.6 Å². The van der Waals surface area contributed by atoms with E-state index in [4.69, 9.17) is 0 Å². The SMILES string of the molecule is CC(C)(C(=O)OC(=O)C(F)(F)F)c1ccc(-c2csc(N3C[C@@H]4CNCCN4C3=O)n2)cc1. The summed E-state index contributed by atoms with van der Waals surface area (Å²) in [5.74, 6) is -3.84. The van der Waals surface area contributed by atoms with E-state index in [1.54, 1.807) is 29.2 Å². The lowest BCUT2D eigenvalue weighted by molar-refractivity contribution is -0.203. The minimum absolute atomic E-state index is 0.0635. The molecule has 2 fully saturated rings. The number of ether oxygens (including phenoxy) is 1. The molecule has 0 aliphatic carbocycles. The van der Waals surface area contributed by atoms with Crippen molar-refractivity contribution >= 4 is 34.4 Å². The molecule has 1 N–H and O–H groups in total. The topological polar surface area (TPSA) is 91.8 Å². The zero-order valence-electron chi connectivity index (χ0n) is 17.8. The predicted molar refractivity (Wildman–Crippen MR) is 114 cm³/mol. The van der Waals surface area contributed by atoms with Gasteiger partial charge in [0.2, 0.25) is 0 Å². The highest BCUT2D eigenvalue weighted by Gasteiger charge is 2.45. The van der Waals surface area contributed by atoms with Crippen molar-refractivity contribution in [3.63, 3.8) is 0 Å². The Morgan fingerprint density at radius 2 is 1.88 bits per heavy atom. The van der Waals surface area contributed by atoms with Crippen molar-refractivity contribution in [1.29, 1.82) is 0 Å². The molecule has 0 spiro atoms. The van der Waals surface area contributed by atoms with Gasteiger partial charge in [-0.2, -0.15) is 13.2 Å². The number of thiazole rings is 1. The maximum atomic E-state index is 12.7. The molecule has 0 bridgehead atoms. The molecule has 176 valence electrons. The van der Waals surface area contributed by atoms with E-state index in [1.807, 2.05) is 10.3 Å². The molecule has 0 saturated carbocycles. The van der Waals surface area contributed by atoms with Gasteiger partial charge in [0.05, 0.1) is 23.7 Å². The summed E-state index contributed by atoms with van der Waals surface area (Å²) in [6.45, 7) is 5.47. The molecule has 33 heavy (non-hydrogen) atoms. The van der Waals surface area contributed by atoms with Gasteiger partial charge in [0.15, 0.2) is 5.13 Å². The number of nitrogens with zero attached hydrogens (tertiary/aromatic N) is 3. The van der Waals surface area contributed by atoms with Crippen molar-refractivity contribution in [3.8, 4) is 11.3 Å². The van der Waals surface area contributed by atoms with Crippen molar-refractivity contribution < 1.29 is 32.3 Å². The van der Waals surface area contributed by atoms with Crippen molar-refractivity contribution in [2.24, 2.45) is 0 Å². The van der Waals surface area contributed by atoms with Crippen LogP contribution in [0.1, 0.15) is 19.4 Å². The van der Waals surface area contributed by atoms with Gasteiger partial charge in [0.1, 0.15) is 0 Å². The van der Waals surface area contributed by atoms with Gasteiger partial charge in [-0.15, -0.1) is 11.3 Å². The summed E-state index contributed by atoms with van der Waals surface area (Å²) in [5.41, 5.74) is 0.238. The summed E-state index contributed by atoms with van der Waals surface area (Å²) in [6, 6.07) is 6.54. The van der Waals surface area contributed by atoms with Crippen molar-refractivity contribution in [1.82, 2.24) is 15.2 Å². The summed E-state index contributed by atoms with van der Waals surface area (Å²) in [5, 5.41) is 5.68. The zero-order chi connectivity index (χ0) is 24.0. The zero-order valence-corrected chi connectivity index (χ0v) is 18.6. The quantitative estimate of drug-likeness (QED) is 0.532. The fourth-order valence-electron chi connectivity index (χ4n) is 3.75. The molecule has 2 amide bonds. The van der Waals surface area contributed by atoms with Crippen LogP contribution >= 0.6 is 11.3 Å². The summed E-state index contributed by atoms with van der Waals surface area (Å²) in [7, 11) is 0. The molecule has 2 saturated heterocycles. The molecule has 8 nitrogen and oxygen atoms in total. The number of anilines is 1. The van der Waals surface area contributed by atoms with Crippen LogP contribution in [-0.2, 0) is 19.7 Å². The number of carbonyl (C=O) groups is 3. The van der Waals surface area contributed by atoms with Crippen LogP contribution in [0.5, 0.6) is 0 Å². The number of alkyl halides is 3. The number of esters is 2. The van der Waals surface area contributed by atoms with Crippen molar-refractivity contribution in [3.05, 3.63) is 35.2 Å². The number of hydrogen-bond donors (Lipinski definition) is 1. The van der Waals surface area contributed by atoms with Crippen molar-refractivity contribution in [2.75, 3.05) is 31.1 Å². The monoisotopic (exact) mass is 482 g/mol. The first kappa shape index (κ1) is 23.2. The van der Waals surface area contributed by atoms with Crippen LogP contribution in [0.25, 0.3) is 11.3 Å². The third-order valence-electron chi connectivity index (χ3n) is 5.77. The molecule has 1 aromatic heterocycles. The Morgan fingerprint density at radius 1 is 1.18 bits per heavy atom. The van der Waals surface area contributed by atoms with Crippen LogP contribution in [0, 0.1) is 0 Å². The van der Waals surface area contributed by atoms with Gasteiger partial charge in [-0.3, -0.25) is 9.69 Å². The van der Waals surface area contributed by atoms with Gasteiger partial charge in [-0.1, -0.05) is 24.3 Å². The normalized spacial score (nSPS) is 18.9. The molecule has 0 unspecified atom stereocenters. The second-order valence-corrected chi connectivity index (χ2v) is 9.17. The summed E-state index contributed by atoms with van der Waals surface area (Å²) in [4.78, 5) is 43.9. The van der Waals surface area contributed by atoms with Gasteiger partial charge < -0.3 is 15.0 Å². The van der Waals surface area contributed by atoms with Crippen molar-refractivity contribution in [2.45, 2.75) is 31.5 Å². The van der Waals surface area contributed by atoms with Gasteiger partial charge in [-0.25, -0.2) is 14.6 Å². The van der Waals surface area contributed by atoms with Crippen LogP contribution in [-0.4, -0.2) is 66.3 Å². The number of urea groups is 1. The summed E-state index contributed by atoms with van der Waals surface area (Å²) >= 11 is 1.34. The Hall–Kier alpha value is -2.99. The second-order valence-electron chi connectivity index (χ2n) is 8.34. The first-order chi connectivity index (χ1) is 15.5. The number of carbonyl (C=O) groups excluding carboxylic acids is 3. The molecular formula is C21H21F3N4O4S. The first-order valence-electron chi connectivity index (χ1n) is 10.2. The average molecular weight is 482 g/mol. The van der Waals surface area contributed by atoms with Crippen LogP contribution in [0.3, 0.4) is 0 Å². The molecule has 1 aromatic carbocycles. The number of fused-ring (bicyclic) bond motifs is 1. The number of piperazine rings is 1. The molecule has 3 heterocycles. The number of halogens is 3. The van der Waals surface area contributed by atoms with Gasteiger partial charge in [0.25, 0.3) is 0 Å². The third kappa shape index (κ3) is 4.44. The van der Waals surface area contributed by atoms with Crippen LogP contribution in [0.15, 0.2) is 29.6 Å².